The quantitative estimate of drug-likeness (QED) is 0.311. The molecule has 0 bridgehead atoms. The van der Waals surface area contributed by atoms with Gasteiger partial charge in [0.25, 0.3) is 0 Å². The summed E-state index contributed by atoms with van der Waals surface area (Å²) in [5, 5.41) is 22.2. The van der Waals surface area contributed by atoms with Gasteiger partial charge in [0.15, 0.2) is 17.2 Å². The molecule has 0 saturated heterocycles. The molecule has 5 aromatic rings. The maximum atomic E-state index is 14.3. The molecule has 0 spiro atoms. The lowest BCUT2D eigenvalue weighted by Crippen LogP contribution is -2.05. The maximum absolute atomic E-state index is 14.3. The second-order valence-electron chi connectivity index (χ2n) is 7.64. The molecule has 0 aliphatic heterocycles. The van der Waals surface area contributed by atoms with Gasteiger partial charge in [-0.25, -0.2) is 4.39 Å². The molecule has 0 unspecified atom stereocenters. The first-order valence-corrected chi connectivity index (χ1v) is 11.1. The second-order valence-corrected chi connectivity index (χ2v) is 8.38. The summed E-state index contributed by atoms with van der Waals surface area (Å²) >= 11 is 12.2. The Labute approximate surface area is 203 Å². The van der Waals surface area contributed by atoms with E-state index in [0.717, 1.165) is 11.1 Å². The van der Waals surface area contributed by atoms with E-state index in [1.54, 1.807) is 17.1 Å². The Bertz CT molecular complexity index is 1450. The molecule has 0 aliphatic rings. The van der Waals surface area contributed by atoms with Crippen LogP contribution in [-0.2, 0) is 19.6 Å². The summed E-state index contributed by atoms with van der Waals surface area (Å²) in [7, 11) is 0. The van der Waals surface area contributed by atoms with Crippen molar-refractivity contribution < 1.29 is 9.50 Å². The summed E-state index contributed by atoms with van der Waals surface area (Å²) in [6, 6.07) is 12.7. The summed E-state index contributed by atoms with van der Waals surface area (Å²) < 4.78 is 17.9. The molecular weight excluding hydrogens is 480 g/mol. The van der Waals surface area contributed by atoms with E-state index in [0.29, 0.717) is 29.9 Å². The van der Waals surface area contributed by atoms with Crippen LogP contribution >= 0.6 is 23.2 Å². The Morgan fingerprint density at radius 3 is 2.41 bits per heavy atom. The average molecular weight is 498 g/mol. The van der Waals surface area contributed by atoms with E-state index in [2.05, 4.69) is 37.6 Å². The topological polar surface area (TPSA) is 93.7 Å². The lowest BCUT2D eigenvalue weighted by Gasteiger charge is -2.10. The molecular formula is C23H18Cl2FN7O. The highest BCUT2D eigenvalue weighted by Crippen LogP contribution is 2.28. The van der Waals surface area contributed by atoms with Crippen LogP contribution in [0.2, 0.25) is 10.3 Å². The minimum absolute atomic E-state index is 0.00528. The van der Waals surface area contributed by atoms with E-state index in [1.807, 2.05) is 29.1 Å². The zero-order valence-corrected chi connectivity index (χ0v) is 19.2. The van der Waals surface area contributed by atoms with Crippen LogP contribution in [0.5, 0.6) is 5.75 Å². The standard InChI is InChI=1S/C23H18Cl2FN7O/c24-18-6-7-19(34)20(26)16(18)10-27-21-17-13-33(31-22(17)30-23(25)29-21)12-15-4-2-14(3-5-15)11-32-9-1-8-28-32/h1-9,13,34H,10-12H2,(H,27,29,30,31). The fourth-order valence-electron chi connectivity index (χ4n) is 3.58. The second kappa shape index (κ2) is 9.28. The molecule has 3 aromatic heterocycles. The smallest absolute Gasteiger partial charge is 0.226 e. The Morgan fingerprint density at radius 1 is 0.971 bits per heavy atom. The fraction of sp³-hybridized carbons (Fsp3) is 0.130. The molecule has 0 aliphatic carbocycles. The van der Waals surface area contributed by atoms with Gasteiger partial charge in [-0.15, -0.1) is 0 Å². The zero-order chi connectivity index (χ0) is 23.7. The monoisotopic (exact) mass is 497 g/mol. The van der Waals surface area contributed by atoms with Gasteiger partial charge in [-0.05, 0) is 40.9 Å². The van der Waals surface area contributed by atoms with Crippen LogP contribution in [0, 0.1) is 5.82 Å². The largest absolute Gasteiger partial charge is 0.505 e. The minimum atomic E-state index is -0.789. The van der Waals surface area contributed by atoms with Crippen molar-refractivity contribution in [3.63, 3.8) is 0 Å². The Kier molecular flexibility index (Phi) is 6.04. The number of rotatable bonds is 7. The number of aromatic nitrogens is 6. The number of phenolic OH excluding ortho intramolecular Hbond substituents is 1. The first-order chi connectivity index (χ1) is 16.5. The summed E-state index contributed by atoms with van der Waals surface area (Å²) in [6.45, 7) is 1.21. The van der Waals surface area contributed by atoms with E-state index in [9.17, 15) is 9.50 Å². The predicted octanol–water partition coefficient (Wildman–Crippen LogP) is 4.88. The van der Waals surface area contributed by atoms with Gasteiger partial charge in [0, 0.05) is 35.7 Å². The predicted molar refractivity (Wildman–Crippen MR) is 128 cm³/mol. The summed E-state index contributed by atoms with van der Waals surface area (Å²) in [6.07, 6.45) is 5.47. The van der Waals surface area contributed by atoms with Crippen molar-refractivity contribution in [2.24, 2.45) is 0 Å². The molecule has 5 rings (SSSR count). The van der Waals surface area contributed by atoms with E-state index in [1.165, 1.54) is 12.1 Å². The van der Waals surface area contributed by atoms with Gasteiger partial charge in [-0.3, -0.25) is 9.36 Å². The molecule has 8 nitrogen and oxygen atoms in total. The molecule has 3 heterocycles. The van der Waals surface area contributed by atoms with Gasteiger partial charge in [0.2, 0.25) is 5.28 Å². The van der Waals surface area contributed by atoms with E-state index in [4.69, 9.17) is 23.2 Å². The minimum Gasteiger partial charge on any atom is -0.505 e. The van der Waals surface area contributed by atoms with Crippen molar-refractivity contribution in [2.75, 3.05) is 5.32 Å². The van der Waals surface area contributed by atoms with Crippen molar-refractivity contribution in [1.29, 1.82) is 0 Å². The van der Waals surface area contributed by atoms with Gasteiger partial charge >= 0.3 is 0 Å². The van der Waals surface area contributed by atoms with E-state index < -0.39 is 11.6 Å². The number of anilines is 1. The third-order valence-corrected chi connectivity index (χ3v) is 5.79. The van der Waals surface area contributed by atoms with Crippen LogP contribution in [0.4, 0.5) is 10.2 Å². The summed E-state index contributed by atoms with van der Waals surface area (Å²) in [5.74, 6) is -0.881. The first-order valence-electron chi connectivity index (χ1n) is 10.3. The molecule has 2 N–H and O–H groups in total. The van der Waals surface area contributed by atoms with Crippen molar-refractivity contribution in [3.8, 4) is 5.75 Å². The lowest BCUT2D eigenvalue weighted by atomic mass is 10.1. The summed E-state index contributed by atoms with van der Waals surface area (Å²) in [4.78, 5) is 8.41. The third kappa shape index (κ3) is 4.66. The number of halogens is 3. The third-order valence-electron chi connectivity index (χ3n) is 5.27. The summed E-state index contributed by atoms with van der Waals surface area (Å²) in [5.41, 5.74) is 2.71. The number of fused-ring (bicyclic) bond motifs is 1. The highest BCUT2D eigenvalue weighted by atomic mass is 35.5. The number of phenols is 1. The number of nitrogens with one attached hydrogen (secondary N) is 1. The SMILES string of the molecule is Oc1ccc(Cl)c(CNc2nc(Cl)nc3nn(Cc4ccc(Cn5cccn5)cc4)cc23)c1F. The van der Waals surface area contributed by atoms with Crippen LogP contribution < -0.4 is 5.32 Å². The van der Waals surface area contributed by atoms with Gasteiger partial charge in [-0.1, -0.05) is 35.9 Å². The molecule has 2 aromatic carbocycles. The lowest BCUT2D eigenvalue weighted by molar-refractivity contribution is 0.429. The molecule has 0 atom stereocenters. The van der Waals surface area contributed by atoms with Crippen LogP contribution in [0.15, 0.2) is 61.1 Å². The average Bonchev–Trinajstić information content (AvgIpc) is 3.47. The molecule has 172 valence electrons. The van der Waals surface area contributed by atoms with Crippen molar-refractivity contribution in [3.05, 3.63) is 93.9 Å². The molecule has 0 saturated carbocycles. The van der Waals surface area contributed by atoms with Gasteiger partial charge in [0.1, 0.15) is 5.82 Å². The molecule has 34 heavy (non-hydrogen) atoms. The van der Waals surface area contributed by atoms with Crippen molar-refractivity contribution in [1.82, 2.24) is 29.5 Å². The highest BCUT2D eigenvalue weighted by Gasteiger charge is 2.15. The van der Waals surface area contributed by atoms with Crippen LogP contribution in [0.25, 0.3) is 11.0 Å². The zero-order valence-electron chi connectivity index (χ0n) is 17.7. The first kappa shape index (κ1) is 22.1. The van der Waals surface area contributed by atoms with Crippen LogP contribution in [0.1, 0.15) is 16.7 Å². The number of nitrogens with zero attached hydrogens (tertiary/aromatic N) is 6. The number of aromatic hydroxyl groups is 1. The van der Waals surface area contributed by atoms with Crippen LogP contribution in [0.3, 0.4) is 0 Å². The van der Waals surface area contributed by atoms with E-state index >= 15 is 0 Å². The Hall–Kier alpha value is -3.69. The van der Waals surface area contributed by atoms with Gasteiger partial charge in [-0.2, -0.15) is 20.2 Å². The van der Waals surface area contributed by atoms with Crippen molar-refractivity contribution >= 4 is 40.1 Å². The number of hydrogen-bond donors (Lipinski definition) is 2. The number of hydrogen-bond acceptors (Lipinski definition) is 6. The maximum Gasteiger partial charge on any atom is 0.226 e. The normalized spacial score (nSPS) is 11.3. The Morgan fingerprint density at radius 2 is 1.71 bits per heavy atom. The van der Waals surface area contributed by atoms with Gasteiger partial charge < -0.3 is 10.4 Å². The van der Waals surface area contributed by atoms with Crippen molar-refractivity contribution in [2.45, 2.75) is 19.6 Å². The molecule has 11 heteroatoms. The fourth-order valence-corrected chi connectivity index (χ4v) is 3.96. The Balaban J connectivity index is 1.35. The highest BCUT2D eigenvalue weighted by molar-refractivity contribution is 6.31. The van der Waals surface area contributed by atoms with Gasteiger partial charge in [0.05, 0.1) is 18.5 Å². The van der Waals surface area contributed by atoms with E-state index in [-0.39, 0.29) is 22.4 Å². The van der Waals surface area contributed by atoms with Crippen LogP contribution in [-0.4, -0.2) is 34.6 Å². The molecule has 0 radical (unpaired) electrons. The molecule has 0 amide bonds. The molecule has 0 fully saturated rings. The number of benzene rings is 2.